The quantitative estimate of drug-likeness (QED) is 0.459. The van der Waals surface area contributed by atoms with Crippen LogP contribution in [0.2, 0.25) is 0 Å². The number of nitrogens with zero attached hydrogens (tertiary/aromatic N) is 4. The van der Waals surface area contributed by atoms with E-state index in [1.54, 1.807) is 13.1 Å². The summed E-state index contributed by atoms with van der Waals surface area (Å²) in [5.41, 5.74) is 3.58. The van der Waals surface area contributed by atoms with E-state index < -0.39 is 18.3 Å². The zero-order valence-corrected chi connectivity index (χ0v) is 21.9. The Bertz CT molecular complexity index is 1250. The molecule has 1 fully saturated rings. The number of anilines is 1. The number of hydrogen-bond acceptors (Lipinski definition) is 6. The Morgan fingerprint density at radius 3 is 2.41 bits per heavy atom. The fourth-order valence-electron chi connectivity index (χ4n) is 5.16. The van der Waals surface area contributed by atoms with Crippen molar-refractivity contribution in [1.82, 2.24) is 19.2 Å². The van der Waals surface area contributed by atoms with E-state index in [0.29, 0.717) is 31.7 Å². The lowest BCUT2D eigenvalue weighted by Gasteiger charge is -2.46. The first-order chi connectivity index (χ1) is 17.4. The first-order valence-corrected chi connectivity index (χ1v) is 12.4. The van der Waals surface area contributed by atoms with Crippen molar-refractivity contribution in [2.45, 2.75) is 45.5 Å². The smallest absolute Gasteiger partial charge is 0.401 e. The molecule has 0 radical (unpaired) electrons. The molecule has 1 aliphatic heterocycles. The maximum atomic E-state index is 13.0. The molecule has 0 amide bonds. The highest BCUT2D eigenvalue weighted by atomic mass is 19.4. The van der Waals surface area contributed by atoms with Crippen LogP contribution in [-0.4, -0.2) is 77.2 Å². The molecule has 37 heavy (non-hydrogen) atoms. The minimum atomic E-state index is -4.22. The van der Waals surface area contributed by atoms with Gasteiger partial charge in [0.2, 0.25) is 0 Å². The Kier molecular flexibility index (Phi) is 7.52. The minimum absolute atomic E-state index is 0.222. The van der Waals surface area contributed by atoms with Gasteiger partial charge in [0.05, 0.1) is 23.8 Å². The van der Waals surface area contributed by atoms with Gasteiger partial charge in [0.25, 0.3) is 0 Å². The van der Waals surface area contributed by atoms with Crippen LogP contribution in [0.25, 0.3) is 5.52 Å². The van der Waals surface area contributed by atoms with E-state index >= 15 is 0 Å². The van der Waals surface area contributed by atoms with E-state index in [1.807, 2.05) is 55.8 Å². The summed E-state index contributed by atoms with van der Waals surface area (Å²) in [5.74, 6) is 0.349. The number of fused-ring (bicyclic) bond motifs is 1. The highest BCUT2D eigenvalue weighted by Gasteiger charge is 2.41. The van der Waals surface area contributed by atoms with Crippen molar-refractivity contribution in [2.24, 2.45) is 0 Å². The molecule has 0 bridgehead atoms. The van der Waals surface area contributed by atoms with Crippen molar-refractivity contribution >= 4 is 17.3 Å². The first-order valence-electron chi connectivity index (χ1n) is 12.4. The number of esters is 1. The Morgan fingerprint density at radius 1 is 1.14 bits per heavy atom. The monoisotopic (exact) mass is 517 g/mol. The third-order valence-electron chi connectivity index (χ3n) is 7.12. The topological polar surface area (TPSA) is 62.1 Å². The number of carbonyl (C=O) groups excluding carboxylic acids is 1. The van der Waals surface area contributed by atoms with Crippen molar-refractivity contribution in [3.05, 3.63) is 65.1 Å². The maximum Gasteiger partial charge on any atom is 0.401 e. The van der Waals surface area contributed by atoms with Crippen LogP contribution in [0.3, 0.4) is 0 Å². The van der Waals surface area contributed by atoms with Crippen LogP contribution in [0.5, 0.6) is 0 Å². The zero-order valence-electron chi connectivity index (χ0n) is 21.9. The second-order valence-electron chi connectivity index (χ2n) is 9.94. The Balaban J connectivity index is 1.75. The average molecular weight is 518 g/mol. The zero-order chi connectivity index (χ0) is 27.0. The number of piperazine rings is 1. The molecular weight excluding hydrogens is 483 g/mol. The third-order valence-corrected chi connectivity index (χ3v) is 7.12. The van der Waals surface area contributed by atoms with Gasteiger partial charge in [-0.3, -0.25) is 9.80 Å². The van der Waals surface area contributed by atoms with Crippen molar-refractivity contribution in [3.63, 3.8) is 0 Å². The normalized spacial score (nSPS) is 17.2. The molecule has 10 heteroatoms. The summed E-state index contributed by atoms with van der Waals surface area (Å²) in [6, 6.07) is 9.51. The fourth-order valence-corrected chi connectivity index (χ4v) is 5.16. The number of aryl methyl sites for hydroxylation is 1. The van der Waals surface area contributed by atoms with Crippen LogP contribution in [0, 0.1) is 6.92 Å². The number of alkyl halides is 3. The van der Waals surface area contributed by atoms with Crippen LogP contribution in [0.4, 0.5) is 19.0 Å². The molecule has 1 atom stereocenters. The second kappa shape index (κ2) is 10.3. The van der Waals surface area contributed by atoms with Crippen molar-refractivity contribution < 1.29 is 22.7 Å². The van der Waals surface area contributed by atoms with Crippen molar-refractivity contribution in [2.75, 3.05) is 45.1 Å². The number of carbonyl (C=O) groups is 1. The van der Waals surface area contributed by atoms with Gasteiger partial charge in [-0.05, 0) is 63.1 Å². The van der Waals surface area contributed by atoms with E-state index in [4.69, 9.17) is 4.74 Å². The van der Waals surface area contributed by atoms with Gasteiger partial charge in [0, 0.05) is 56.8 Å². The molecule has 0 aromatic carbocycles. The number of halogens is 3. The van der Waals surface area contributed by atoms with Crippen LogP contribution in [0.15, 0.2) is 42.7 Å². The van der Waals surface area contributed by atoms with E-state index in [-0.39, 0.29) is 12.1 Å². The van der Waals surface area contributed by atoms with Crippen LogP contribution >= 0.6 is 0 Å². The molecule has 1 unspecified atom stereocenters. The molecule has 1 N–H and O–H groups in total. The van der Waals surface area contributed by atoms with Crippen LogP contribution in [-0.2, 0) is 10.3 Å². The predicted molar refractivity (Wildman–Crippen MR) is 137 cm³/mol. The highest BCUT2D eigenvalue weighted by molar-refractivity contribution is 5.91. The highest BCUT2D eigenvalue weighted by Crippen LogP contribution is 2.40. The molecule has 0 aliphatic carbocycles. The largest absolute Gasteiger partial charge is 0.459 e. The molecule has 3 aromatic heterocycles. The predicted octanol–water partition coefficient (Wildman–Crippen LogP) is 4.69. The average Bonchev–Trinajstić information content (AvgIpc) is 3.19. The molecular formula is C27H34F3N5O2. The SMILES string of the molecule is CNc1ccc(C(C)(c2cc3cc(C(=O)OC(C)C)ccn3c2C)N2CCN(CC(F)(F)F)CC2)cn1. The Labute approximate surface area is 215 Å². The minimum Gasteiger partial charge on any atom is -0.459 e. The summed E-state index contributed by atoms with van der Waals surface area (Å²) >= 11 is 0. The second-order valence-corrected chi connectivity index (χ2v) is 9.94. The molecule has 1 saturated heterocycles. The lowest BCUT2D eigenvalue weighted by atomic mass is 9.83. The fraction of sp³-hybridized carbons (Fsp3) is 0.481. The molecule has 200 valence electrons. The van der Waals surface area contributed by atoms with Gasteiger partial charge in [-0.1, -0.05) is 6.07 Å². The van der Waals surface area contributed by atoms with Gasteiger partial charge in [-0.2, -0.15) is 13.2 Å². The Hall–Kier alpha value is -3.11. The van der Waals surface area contributed by atoms with E-state index in [2.05, 4.69) is 28.2 Å². The van der Waals surface area contributed by atoms with Gasteiger partial charge >= 0.3 is 12.1 Å². The lowest BCUT2D eigenvalue weighted by molar-refractivity contribution is -0.150. The van der Waals surface area contributed by atoms with E-state index in [9.17, 15) is 18.0 Å². The molecule has 0 saturated carbocycles. The van der Waals surface area contributed by atoms with Gasteiger partial charge in [0.1, 0.15) is 5.82 Å². The molecule has 7 nitrogen and oxygen atoms in total. The van der Waals surface area contributed by atoms with E-state index in [1.165, 1.54) is 4.90 Å². The maximum absolute atomic E-state index is 13.0. The number of ether oxygens (including phenoxy) is 1. The molecule has 4 rings (SSSR count). The molecule has 4 heterocycles. The van der Waals surface area contributed by atoms with Crippen molar-refractivity contribution in [1.29, 1.82) is 0 Å². The third kappa shape index (κ3) is 5.60. The summed E-state index contributed by atoms with van der Waals surface area (Å²) in [7, 11) is 1.80. The number of nitrogens with one attached hydrogen (secondary N) is 1. The van der Waals surface area contributed by atoms with Gasteiger partial charge in [0.15, 0.2) is 0 Å². The van der Waals surface area contributed by atoms with Crippen LogP contribution < -0.4 is 5.32 Å². The summed E-state index contributed by atoms with van der Waals surface area (Å²) in [4.78, 5) is 20.7. The van der Waals surface area contributed by atoms with Gasteiger partial charge in [-0.15, -0.1) is 0 Å². The standard InChI is InChI=1S/C27H34F3N5O2/c1-18(2)37-25(36)20-8-9-35-19(3)23(15-22(35)14-20)26(4,21-6-7-24(31-5)32-16-21)34-12-10-33(11-13-34)17-27(28,29)30/h6-9,14-16,18H,10-13,17H2,1-5H3,(H,31,32). The van der Waals surface area contributed by atoms with Crippen LogP contribution in [0.1, 0.15) is 48.0 Å². The van der Waals surface area contributed by atoms with E-state index in [0.717, 1.165) is 28.2 Å². The molecule has 0 spiro atoms. The summed E-state index contributed by atoms with van der Waals surface area (Å²) in [6.07, 6.45) is -0.764. The van der Waals surface area contributed by atoms with Gasteiger partial charge < -0.3 is 14.5 Å². The summed E-state index contributed by atoms with van der Waals surface area (Å²) in [5, 5.41) is 3.03. The number of rotatable bonds is 7. The number of hydrogen-bond donors (Lipinski definition) is 1. The molecule has 3 aromatic rings. The number of aromatic nitrogens is 2. The number of pyridine rings is 2. The van der Waals surface area contributed by atoms with Gasteiger partial charge in [-0.25, -0.2) is 9.78 Å². The lowest BCUT2D eigenvalue weighted by Crippen LogP contribution is -2.56. The van der Waals surface area contributed by atoms with Crippen molar-refractivity contribution in [3.8, 4) is 0 Å². The summed E-state index contributed by atoms with van der Waals surface area (Å²) < 4.78 is 46.4. The summed E-state index contributed by atoms with van der Waals surface area (Å²) in [6.45, 7) is 8.40. The molecule has 1 aliphatic rings. The Morgan fingerprint density at radius 2 is 1.84 bits per heavy atom. The first kappa shape index (κ1) is 26.9.